The lowest BCUT2D eigenvalue weighted by Gasteiger charge is -2.15. The van der Waals surface area contributed by atoms with Gasteiger partial charge in [0.2, 0.25) is 0 Å². The highest BCUT2D eigenvalue weighted by atomic mass is 14.2. The van der Waals surface area contributed by atoms with Gasteiger partial charge in [-0.15, -0.1) is 0 Å². The van der Waals surface area contributed by atoms with Crippen molar-refractivity contribution in [2.24, 2.45) is 0 Å². The van der Waals surface area contributed by atoms with E-state index in [-0.39, 0.29) is 0 Å². The van der Waals surface area contributed by atoms with E-state index in [1.165, 1.54) is 33.4 Å². The fourth-order valence-corrected chi connectivity index (χ4v) is 3.18. The van der Waals surface area contributed by atoms with Gasteiger partial charge in [0.1, 0.15) is 0 Å². The van der Waals surface area contributed by atoms with E-state index in [9.17, 15) is 0 Å². The first-order chi connectivity index (χ1) is 11.9. The van der Waals surface area contributed by atoms with E-state index in [2.05, 4.69) is 109 Å². The van der Waals surface area contributed by atoms with Crippen LogP contribution in [0.15, 0.2) is 85.0 Å². The average Bonchev–Trinajstić information content (AvgIpc) is 2.55. The molecule has 114 valence electrons. The van der Waals surface area contributed by atoms with Crippen molar-refractivity contribution >= 4 is 24.3 Å². The number of allylic oxidation sites excluding steroid dienone is 8. The first kappa shape index (κ1) is 14.5. The van der Waals surface area contributed by atoms with Crippen molar-refractivity contribution in [3.63, 3.8) is 0 Å². The molecule has 0 heteroatoms. The van der Waals surface area contributed by atoms with Gasteiger partial charge in [0.25, 0.3) is 0 Å². The molecule has 0 fully saturated rings. The van der Waals surface area contributed by atoms with Gasteiger partial charge in [0.05, 0.1) is 0 Å². The highest BCUT2D eigenvalue weighted by molar-refractivity contribution is 5.88. The summed E-state index contributed by atoms with van der Waals surface area (Å²) in [6.45, 7) is 0. The first-order valence-electron chi connectivity index (χ1n) is 8.23. The first-order valence-corrected chi connectivity index (χ1v) is 8.23. The van der Waals surface area contributed by atoms with Crippen LogP contribution in [0.1, 0.15) is 22.3 Å². The van der Waals surface area contributed by atoms with E-state index < -0.39 is 0 Å². The van der Waals surface area contributed by atoms with Crippen LogP contribution in [0, 0.1) is 0 Å². The molecule has 0 saturated carbocycles. The Bertz CT molecular complexity index is 864. The molecular weight excluding hydrogens is 288 g/mol. The zero-order valence-corrected chi connectivity index (χ0v) is 13.4. The summed E-state index contributed by atoms with van der Waals surface area (Å²) in [4.78, 5) is 0. The Balaban J connectivity index is 1.97. The number of fused-ring (bicyclic) bond motifs is 2. The van der Waals surface area contributed by atoms with Crippen LogP contribution in [-0.4, -0.2) is 0 Å². The van der Waals surface area contributed by atoms with Gasteiger partial charge in [-0.3, -0.25) is 0 Å². The van der Waals surface area contributed by atoms with Gasteiger partial charge in [0, 0.05) is 0 Å². The van der Waals surface area contributed by atoms with Crippen molar-refractivity contribution in [2.75, 3.05) is 0 Å². The minimum atomic E-state index is 1.25. The van der Waals surface area contributed by atoms with Crippen molar-refractivity contribution in [1.82, 2.24) is 0 Å². The zero-order valence-electron chi connectivity index (χ0n) is 13.4. The fourth-order valence-electron chi connectivity index (χ4n) is 3.18. The van der Waals surface area contributed by atoms with E-state index >= 15 is 0 Å². The number of hydrogen-bond donors (Lipinski definition) is 0. The lowest BCUT2D eigenvalue weighted by molar-refractivity contribution is 1.53. The Labute approximate surface area is 143 Å². The number of hydrogen-bond acceptors (Lipinski definition) is 0. The van der Waals surface area contributed by atoms with Crippen LogP contribution in [0.25, 0.3) is 35.4 Å². The summed E-state index contributed by atoms with van der Waals surface area (Å²) in [7, 11) is 0. The quantitative estimate of drug-likeness (QED) is 0.560. The molecule has 0 spiro atoms. The van der Waals surface area contributed by atoms with Gasteiger partial charge in [-0.25, -0.2) is 0 Å². The molecule has 0 bridgehead atoms. The van der Waals surface area contributed by atoms with E-state index in [4.69, 9.17) is 0 Å². The van der Waals surface area contributed by atoms with Gasteiger partial charge in [-0.1, -0.05) is 109 Å². The van der Waals surface area contributed by atoms with Crippen LogP contribution in [0.5, 0.6) is 0 Å². The average molecular weight is 306 g/mol. The third-order valence-electron chi connectivity index (χ3n) is 4.31. The predicted molar refractivity (Wildman–Crippen MR) is 106 cm³/mol. The van der Waals surface area contributed by atoms with Crippen molar-refractivity contribution < 1.29 is 0 Å². The minimum absolute atomic E-state index is 1.25. The van der Waals surface area contributed by atoms with E-state index in [1.807, 2.05) is 0 Å². The van der Waals surface area contributed by atoms with Crippen LogP contribution in [0.2, 0.25) is 0 Å². The Morgan fingerprint density at radius 1 is 0.375 bits per heavy atom. The molecular formula is C24H18. The second-order valence-corrected chi connectivity index (χ2v) is 5.82. The Kier molecular flexibility index (Phi) is 3.95. The van der Waals surface area contributed by atoms with E-state index in [0.29, 0.717) is 0 Å². The van der Waals surface area contributed by atoms with Crippen molar-refractivity contribution in [1.29, 1.82) is 0 Å². The molecule has 0 heterocycles. The van der Waals surface area contributed by atoms with Crippen molar-refractivity contribution in [3.05, 3.63) is 107 Å². The van der Waals surface area contributed by atoms with Gasteiger partial charge >= 0.3 is 0 Å². The van der Waals surface area contributed by atoms with Crippen molar-refractivity contribution in [3.8, 4) is 11.1 Å². The summed E-state index contributed by atoms with van der Waals surface area (Å²) >= 11 is 0. The number of rotatable bonds is 1. The van der Waals surface area contributed by atoms with Crippen molar-refractivity contribution in [2.45, 2.75) is 0 Å². The third kappa shape index (κ3) is 2.75. The lowest BCUT2D eigenvalue weighted by Crippen LogP contribution is -1.93. The maximum Gasteiger partial charge on any atom is -0.00992 e. The van der Waals surface area contributed by atoms with Crippen LogP contribution in [0.3, 0.4) is 0 Å². The topological polar surface area (TPSA) is 0 Å². The Morgan fingerprint density at radius 2 is 0.792 bits per heavy atom. The second kappa shape index (κ2) is 6.55. The summed E-state index contributed by atoms with van der Waals surface area (Å²) in [5, 5.41) is 0. The molecule has 0 unspecified atom stereocenters. The maximum absolute atomic E-state index is 2.21. The third-order valence-corrected chi connectivity index (χ3v) is 4.31. The van der Waals surface area contributed by atoms with E-state index in [1.54, 1.807) is 0 Å². The normalized spacial score (nSPS) is 14.5. The molecule has 2 aromatic rings. The summed E-state index contributed by atoms with van der Waals surface area (Å²) in [6, 6.07) is 13.0. The Morgan fingerprint density at radius 3 is 1.25 bits per heavy atom. The monoisotopic (exact) mass is 306 g/mol. The smallest absolute Gasteiger partial charge is 0.00992 e. The molecule has 4 rings (SSSR count). The van der Waals surface area contributed by atoms with Crippen LogP contribution in [0.4, 0.5) is 0 Å². The van der Waals surface area contributed by atoms with Gasteiger partial charge in [-0.05, 0) is 33.4 Å². The predicted octanol–water partition coefficient (Wildman–Crippen LogP) is 6.55. The van der Waals surface area contributed by atoms with E-state index in [0.717, 1.165) is 0 Å². The summed E-state index contributed by atoms with van der Waals surface area (Å²) in [6.07, 6.45) is 25.4. The highest BCUT2D eigenvalue weighted by Gasteiger charge is 2.11. The molecule has 2 aliphatic carbocycles. The van der Waals surface area contributed by atoms with Gasteiger partial charge < -0.3 is 0 Å². The molecule has 2 aliphatic rings. The fraction of sp³-hybridized carbons (Fsp3) is 0. The lowest BCUT2D eigenvalue weighted by atomic mass is 9.89. The molecule has 0 aliphatic heterocycles. The van der Waals surface area contributed by atoms with Gasteiger partial charge in [-0.2, -0.15) is 0 Å². The molecule has 0 nitrogen and oxygen atoms in total. The summed E-state index contributed by atoms with van der Waals surface area (Å²) < 4.78 is 0. The molecule has 0 aromatic heterocycles. The van der Waals surface area contributed by atoms with Gasteiger partial charge in [0.15, 0.2) is 0 Å². The van der Waals surface area contributed by atoms with Crippen LogP contribution < -0.4 is 0 Å². The number of benzene rings is 2. The SMILES string of the molecule is C1=CC=Cc2c(cccc2-c2cccc3c2C=CC=CC=C3)C=C1. The molecule has 0 atom stereocenters. The standard InChI is InChI=1S/C24H18/c1-3-7-15-21-19(11-5-1)13-9-17-23(21)24-18-10-14-20-12-6-2-4-8-16-22(20)24/h1-18H. The van der Waals surface area contributed by atoms with Crippen LogP contribution in [-0.2, 0) is 0 Å². The second-order valence-electron chi connectivity index (χ2n) is 5.82. The molecule has 0 radical (unpaired) electrons. The Hall–Kier alpha value is -3.12. The highest BCUT2D eigenvalue weighted by Crippen LogP contribution is 2.34. The molecule has 0 saturated heterocycles. The minimum Gasteiger partial charge on any atom is -0.0622 e. The largest absolute Gasteiger partial charge is 0.0622 e. The molecule has 0 amide bonds. The maximum atomic E-state index is 2.21. The zero-order chi connectivity index (χ0) is 16.2. The molecule has 2 aromatic carbocycles. The summed E-state index contributed by atoms with van der Waals surface area (Å²) in [5.74, 6) is 0. The molecule has 0 N–H and O–H groups in total. The molecule has 24 heavy (non-hydrogen) atoms. The summed E-state index contributed by atoms with van der Waals surface area (Å²) in [5.41, 5.74) is 7.56. The van der Waals surface area contributed by atoms with Crippen LogP contribution >= 0.6 is 0 Å².